The van der Waals surface area contributed by atoms with Crippen LogP contribution in [-0.4, -0.2) is 14.1 Å². The van der Waals surface area contributed by atoms with Crippen molar-refractivity contribution in [3.8, 4) is 0 Å². The van der Waals surface area contributed by atoms with E-state index in [2.05, 4.69) is 47.8 Å². The fraction of sp³-hybridized carbons (Fsp3) is 0.105. The lowest BCUT2D eigenvalue weighted by Crippen LogP contribution is -2.45. The maximum Gasteiger partial charge on any atom is 0.406 e. The molecule has 0 fully saturated rings. The SMILES string of the molecule is O=C(C[n+]1c(C(=O)OC(Br)(Br)Br)ccc2ccccc21)c1ccccc1. The number of Topliss-reactive ketones (excluding diaryl/α,β-unsaturated/α-hetero) is 1. The van der Waals surface area contributed by atoms with Gasteiger partial charge < -0.3 is 4.74 Å². The number of benzene rings is 2. The van der Waals surface area contributed by atoms with E-state index in [0.29, 0.717) is 5.56 Å². The van der Waals surface area contributed by atoms with Crippen LogP contribution in [-0.2, 0) is 11.3 Å². The van der Waals surface area contributed by atoms with E-state index in [9.17, 15) is 9.59 Å². The van der Waals surface area contributed by atoms with Crippen LogP contribution >= 0.6 is 47.8 Å². The first-order chi connectivity index (χ1) is 12.3. The molecule has 7 heteroatoms. The molecule has 0 bridgehead atoms. The van der Waals surface area contributed by atoms with Crippen molar-refractivity contribution in [3.05, 3.63) is 78.0 Å². The topological polar surface area (TPSA) is 47.2 Å². The molecule has 2 aromatic carbocycles. The van der Waals surface area contributed by atoms with E-state index in [1.807, 2.05) is 48.5 Å². The van der Waals surface area contributed by atoms with Crippen molar-refractivity contribution in [1.29, 1.82) is 0 Å². The highest BCUT2D eigenvalue weighted by Gasteiger charge is 2.31. The van der Waals surface area contributed by atoms with E-state index in [0.717, 1.165) is 10.9 Å². The van der Waals surface area contributed by atoms with Crippen molar-refractivity contribution in [1.82, 2.24) is 0 Å². The molecule has 0 saturated carbocycles. The standard InChI is InChI=1S/C19H13Br3NO3/c20-19(21,22)26-18(25)16-11-10-13-6-4-5-9-15(13)23(16)12-17(24)14-7-2-1-3-8-14/h1-11H,12H2/q+1. The maximum atomic E-state index is 12.7. The van der Waals surface area contributed by atoms with Crippen LogP contribution in [0.3, 0.4) is 0 Å². The Morgan fingerprint density at radius 3 is 2.23 bits per heavy atom. The summed E-state index contributed by atoms with van der Waals surface area (Å²) in [5.41, 5.74) is 1.63. The number of para-hydroxylation sites is 1. The summed E-state index contributed by atoms with van der Waals surface area (Å²) in [6.45, 7) is 0.0235. The van der Waals surface area contributed by atoms with E-state index in [4.69, 9.17) is 4.74 Å². The van der Waals surface area contributed by atoms with Crippen molar-refractivity contribution in [2.75, 3.05) is 0 Å². The van der Waals surface area contributed by atoms with Crippen LogP contribution < -0.4 is 4.57 Å². The molecule has 0 N–H and O–H groups in total. The highest BCUT2D eigenvalue weighted by Crippen LogP contribution is 2.35. The third kappa shape index (κ3) is 4.58. The van der Waals surface area contributed by atoms with Gasteiger partial charge in [-0.3, -0.25) is 4.79 Å². The lowest BCUT2D eigenvalue weighted by Gasteiger charge is -2.13. The van der Waals surface area contributed by atoms with Gasteiger partial charge in [0.25, 0.3) is 8.02 Å². The van der Waals surface area contributed by atoms with Gasteiger partial charge in [-0.05, 0) is 59.9 Å². The minimum Gasteiger partial charge on any atom is -0.419 e. The van der Waals surface area contributed by atoms with Gasteiger partial charge in [0.05, 0.1) is 0 Å². The Kier molecular flexibility index (Phi) is 5.89. The van der Waals surface area contributed by atoms with Gasteiger partial charge in [0, 0.05) is 23.1 Å². The average Bonchev–Trinajstić information content (AvgIpc) is 2.61. The Hall–Kier alpha value is -1.57. The zero-order chi connectivity index (χ0) is 18.7. The molecule has 4 nitrogen and oxygen atoms in total. The number of fused-ring (bicyclic) bond motifs is 1. The highest BCUT2D eigenvalue weighted by atomic mass is 80.0. The Labute approximate surface area is 175 Å². The molecule has 3 rings (SSSR count). The van der Waals surface area contributed by atoms with Gasteiger partial charge in [-0.1, -0.05) is 42.5 Å². The Morgan fingerprint density at radius 1 is 0.885 bits per heavy atom. The third-order valence-corrected chi connectivity index (χ3v) is 4.24. The minimum absolute atomic E-state index is 0.0235. The molecule has 0 aliphatic rings. The lowest BCUT2D eigenvalue weighted by molar-refractivity contribution is -0.659. The van der Waals surface area contributed by atoms with Crippen LogP contribution in [0.15, 0.2) is 66.7 Å². The summed E-state index contributed by atoms with van der Waals surface area (Å²) in [7, 11) is 0. The molecule has 0 atom stereocenters. The predicted octanol–water partition coefficient (Wildman–Crippen LogP) is 4.96. The van der Waals surface area contributed by atoms with Gasteiger partial charge in [-0.25, -0.2) is 4.79 Å². The van der Waals surface area contributed by atoms with Crippen molar-refractivity contribution in [3.63, 3.8) is 0 Å². The third-order valence-electron chi connectivity index (χ3n) is 3.75. The van der Waals surface area contributed by atoms with Crippen molar-refractivity contribution < 1.29 is 18.9 Å². The summed E-state index contributed by atoms with van der Waals surface area (Å²) in [6.07, 6.45) is 0. The number of pyridine rings is 1. The first kappa shape index (κ1) is 19.2. The van der Waals surface area contributed by atoms with E-state index in [1.165, 1.54) is 0 Å². The van der Waals surface area contributed by atoms with E-state index in [1.54, 1.807) is 22.8 Å². The van der Waals surface area contributed by atoms with Crippen molar-refractivity contribution >= 4 is 70.4 Å². The number of ether oxygens (including phenoxy) is 1. The summed E-state index contributed by atoms with van der Waals surface area (Å²) >= 11 is 9.46. The van der Waals surface area contributed by atoms with Crippen molar-refractivity contribution in [2.45, 2.75) is 8.87 Å². The van der Waals surface area contributed by atoms with Crippen molar-refractivity contribution in [2.24, 2.45) is 0 Å². The van der Waals surface area contributed by atoms with Crippen LogP contribution in [0.25, 0.3) is 10.9 Å². The normalized spacial score (nSPS) is 11.3. The number of esters is 1. The summed E-state index contributed by atoms with van der Waals surface area (Å²) in [5.74, 6) is -0.675. The predicted molar refractivity (Wildman–Crippen MR) is 110 cm³/mol. The van der Waals surface area contributed by atoms with Crippen LogP contribution in [0.5, 0.6) is 0 Å². The molecule has 26 heavy (non-hydrogen) atoms. The first-order valence-corrected chi connectivity index (χ1v) is 10.0. The van der Waals surface area contributed by atoms with Gasteiger partial charge in [0.1, 0.15) is 0 Å². The Morgan fingerprint density at radius 2 is 1.54 bits per heavy atom. The number of alkyl halides is 3. The molecule has 0 aliphatic heterocycles. The van der Waals surface area contributed by atoms with E-state index < -0.39 is 8.30 Å². The smallest absolute Gasteiger partial charge is 0.406 e. The number of carbonyl (C=O) groups excluding carboxylic acids is 2. The quantitative estimate of drug-likeness (QED) is 0.203. The molecule has 3 aromatic rings. The van der Waals surface area contributed by atoms with Gasteiger partial charge in [0.2, 0.25) is 17.8 Å². The fourth-order valence-corrected chi connectivity index (χ4v) is 3.07. The lowest BCUT2D eigenvalue weighted by atomic mass is 10.1. The largest absolute Gasteiger partial charge is 0.419 e. The van der Waals surface area contributed by atoms with Crippen LogP contribution in [0.1, 0.15) is 20.8 Å². The van der Waals surface area contributed by atoms with E-state index in [-0.39, 0.29) is 18.0 Å². The van der Waals surface area contributed by atoms with Gasteiger partial charge in [-0.15, -0.1) is 0 Å². The molecular weight excluding hydrogens is 530 g/mol. The molecule has 0 spiro atoms. The molecule has 132 valence electrons. The van der Waals surface area contributed by atoms with E-state index >= 15 is 0 Å². The molecule has 0 radical (unpaired) electrons. The second-order valence-corrected chi connectivity index (χ2v) is 12.0. The summed E-state index contributed by atoms with van der Waals surface area (Å²) in [4.78, 5) is 25.3. The number of carbonyl (C=O) groups is 2. The maximum absolute atomic E-state index is 12.7. The number of nitrogens with zero attached hydrogens (tertiary/aromatic N) is 1. The summed E-state index contributed by atoms with van der Waals surface area (Å²) in [6, 6.07) is 20.0. The summed E-state index contributed by atoms with van der Waals surface area (Å²) < 4.78 is 5.78. The number of halogens is 3. The molecule has 0 aliphatic carbocycles. The molecular formula is C19H13Br3NO3+. The average molecular weight is 543 g/mol. The number of rotatable bonds is 4. The first-order valence-electron chi connectivity index (χ1n) is 7.65. The number of aromatic nitrogens is 1. The van der Waals surface area contributed by atoms with Gasteiger partial charge in [0.15, 0.2) is 0 Å². The number of hydrogen-bond donors (Lipinski definition) is 0. The number of ketones is 1. The van der Waals surface area contributed by atoms with Gasteiger partial charge in [-0.2, -0.15) is 4.57 Å². The molecule has 0 saturated heterocycles. The zero-order valence-corrected chi connectivity index (χ0v) is 18.1. The molecule has 1 heterocycles. The second kappa shape index (κ2) is 7.98. The Bertz CT molecular complexity index is 969. The Balaban J connectivity index is 2.07. The van der Waals surface area contributed by atoms with Crippen LogP contribution in [0, 0.1) is 0 Å². The highest BCUT2D eigenvalue weighted by molar-refractivity contribution is 9.39. The van der Waals surface area contributed by atoms with Gasteiger partial charge >= 0.3 is 5.97 Å². The summed E-state index contributed by atoms with van der Waals surface area (Å²) in [5, 5.41) is 0.924. The fourth-order valence-electron chi connectivity index (χ4n) is 2.63. The number of hydrogen-bond acceptors (Lipinski definition) is 3. The molecule has 0 amide bonds. The minimum atomic E-state index is -1.17. The van der Waals surface area contributed by atoms with Crippen LogP contribution in [0.2, 0.25) is 0 Å². The second-order valence-electron chi connectivity index (χ2n) is 5.49. The zero-order valence-electron chi connectivity index (χ0n) is 13.4. The molecule has 1 aromatic heterocycles. The van der Waals surface area contributed by atoms with Crippen LogP contribution in [0.4, 0.5) is 0 Å². The molecule has 0 unspecified atom stereocenters. The monoisotopic (exact) mass is 540 g/mol.